The number of rotatable bonds is 2. The summed E-state index contributed by atoms with van der Waals surface area (Å²) in [5, 5.41) is 0. The van der Waals surface area contributed by atoms with Crippen molar-refractivity contribution in [1.82, 2.24) is 0 Å². The highest BCUT2D eigenvalue weighted by Gasteiger charge is 2.21. The Kier molecular flexibility index (Phi) is 4.16. The summed E-state index contributed by atoms with van der Waals surface area (Å²) in [6.07, 6.45) is 0. The number of carbonyl (C=O) groups excluding carboxylic acids is 1. The Labute approximate surface area is 125 Å². The molecule has 0 aliphatic carbocycles. The van der Waals surface area contributed by atoms with Gasteiger partial charge in [0.15, 0.2) is 11.6 Å². The minimum Gasteiger partial charge on any atom is -0.288 e. The second kappa shape index (κ2) is 5.51. The third-order valence-electron chi connectivity index (χ3n) is 2.69. The number of halogens is 4. The fraction of sp³-hybridized carbons (Fsp3) is 0.0714. The first-order valence-corrected chi connectivity index (χ1v) is 6.94. The van der Waals surface area contributed by atoms with Gasteiger partial charge in [0.1, 0.15) is 5.82 Å². The molecule has 0 unspecified atom stereocenters. The number of ketones is 1. The minimum absolute atomic E-state index is 0.0612. The molecule has 0 aliphatic heterocycles. The van der Waals surface area contributed by atoms with E-state index in [1.165, 1.54) is 12.1 Å². The van der Waals surface area contributed by atoms with E-state index in [-0.39, 0.29) is 10.0 Å². The van der Waals surface area contributed by atoms with Crippen LogP contribution < -0.4 is 0 Å². The summed E-state index contributed by atoms with van der Waals surface area (Å²) < 4.78 is 28.4. The Morgan fingerprint density at radius 3 is 2.32 bits per heavy atom. The van der Waals surface area contributed by atoms with Gasteiger partial charge in [0.2, 0.25) is 0 Å². The van der Waals surface area contributed by atoms with Gasteiger partial charge in [-0.3, -0.25) is 4.79 Å². The van der Waals surface area contributed by atoms with Crippen molar-refractivity contribution in [2.45, 2.75) is 6.92 Å². The van der Waals surface area contributed by atoms with E-state index in [0.717, 1.165) is 16.1 Å². The summed E-state index contributed by atoms with van der Waals surface area (Å²) in [6.45, 7) is 1.80. The van der Waals surface area contributed by atoms with E-state index in [1.54, 1.807) is 19.1 Å². The van der Waals surface area contributed by atoms with Crippen LogP contribution in [0.5, 0.6) is 0 Å². The zero-order valence-electron chi connectivity index (χ0n) is 9.81. The summed E-state index contributed by atoms with van der Waals surface area (Å²) in [4.78, 5) is 12.2. The lowest BCUT2D eigenvalue weighted by molar-refractivity contribution is 0.103. The van der Waals surface area contributed by atoms with Crippen molar-refractivity contribution in [3.8, 4) is 0 Å². The molecule has 2 aromatic rings. The number of carbonyl (C=O) groups is 1. The Morgan fingerprint density at radius 1 is 1.05 bits per heavy atom. The lowest BCUT2D eigenvalue weighted by atomic mass is 10.0. The highest BCUT2D eigenvalue weighted by Crippen LogP contribution is 2.25. The first-order valence-electron chi connectivity index (χ1n) is 5.36. The lowest BCUT2D eigenvalue weighted by Crippen LogP contribution is -2.08. The molecule has 98 valence electrons. The van der Waals surface area contributed by atoms with E-state index in [9.17, 15) is 13.6 Å². The van der Waals surface area contributed by atoms with Crippen molar-refractivity contribution in [1.29, 1.82) is 0 Å². The van der Waals surface area contributed by atoms with Gasteiger partial charge in [-0.05, 0) is 58.7 Å². The highest BCUT2D eigenvalue weighted by molar-refractivity contribution is 9.10. The largest absolute Gasteiger partial charge is 0.288 e. The van der Waals surface area contributed by atoms with Crippen molar-refractivity contribution in [2.75, 3.05) is 0 Å². The van der Waals surface area contributed by atoms with E-state index in [0.29, 0.717) is 0 Å². The quantitative estimate of drug-likeness (QED) is 0.520. The molecule has 5 heteroatoms. The molecule has 0 aliphatic rings. The zero-order chi connectivity index (χ0) is 14.2. The molecular formula is C14H8Br2F2O. The first-order chi connectivity index (χ1) is 8.91. The van der Waals surface area contributed by atoms with Crippen molar-refractivity contribution in [3.05, 3.63) is 67.6 Å². The summed E-state index contributed by atoms with van der Waals surface area (Å²) >= 11 is 6.25. The second-order valence-corrected chi connectivity index (χ2v) is 5.72. The number of aryl methyl sites for hydroxylation is 1. The van der Waals surface area contributed by atoms with Crippen molar-refractivity contribution in [3.63, 3.8) is 0 Å². The maximum atomic E-state index is 13.9. The predicted octanol–water partition coefficient (Wildman–Crippen LogP) is 5.03. The molecule has 0 saturated carbocycles. The molecule has 0 radical (unpaired) electrons. The molecule has 0 aromatic heterocycles. The third kappa shape index (κ3) is 2.77. The number of hydrogen-bond acceptors (Lipinski definition) is 1. The van der Waals surface area contributed by atoms with Crippen LogP contribution in [0.1, 0.15) is 21.5 Å². The van der Waals surface area contributed by atoms with Crippen molar-refractivity contribution < 1.29 is 13.6 Å². The molecule has 1 nitrogen and oxygen atoms in total. The SMILES string of the molecule is Cc1cc(C(=O)c2c(F)ccc(Br)c2F)ccc1Br. The number of hydrogen-bond donors (Lipinski definition) is 0. The summed E-state index contributed by atoms with van der Waals surface area (Å²) in [7, 11) is 0. The van der Waals surface area contributed by atoms with Gasteiger partial charge >= 0.3 is 0 Å². The molecule has 2 rings (SSSR count). The van der Waals surface area contributed by atoms with Crippen LogP contribution in [0, 0.1) is 18.6 Å². The van der Waals surface area contributed by atoms with Crippen LogP contribution in [-0.4, -0.2) is 5.78 Å². The fourth-order valence-electron chi connectivity index (χ4n) is 1.67. The van der Waals surface area contributed by atoms with Gasteiger partial charge < -0.3 is 0 Å². The second-order valence-electron chi connectivity index (χ2n) is 4.01. The molecule has 0 fully saturated rings. The van der Waals surface area contributed by atoms with Crippen molar-refractivity contribution in [2.24, 2.45) is 0 Å². The summed E-state index contributed by atoms with van der Waals surface area (Å²) in [6, 6.07) is 7.09. The number of benzene rings is 2. The Balaban J connectivity index is 2.56. The predicted molar refractivity (Wildman–Crippen MR) is 76.4 cm³/mol. The standard InChI is InChI=1S/C14H8Br2F2O/c1-7-6-8(2-3-9(7)15)14(19)12-11(17)5-4-10(16)13(12)18/h2-6H,1H3. The normalized spacial score (nSPS) is 10.6. The summed E-state index contributed by atoms with van der Waals surface area (Å²) in [5.74, 6) is -2.43. The van der Waals surface area contributed by atoms with Gasteiger partial charge in [-0.2, -0.15) is 0 Å². The van der Waals surface area contributed by atoms with Crippen LogP contribution >= 0.6 is 31.9 Å². The Bertz CT molecular complexity index is 669. The molecule has 19 heavy (non-hydrogen) atoms. The van der Waals surface area contributed by atoms with Crippen LogP contribution in [0.3, 0.4) is 0 Å². The highest BCUT2D eigenvalue weighted by atomic mass is 79.9. The van der Waals surface area contributed by atoms with Crippen LogP contribution in [0.4, 0.5) is 8.78 Å². The average molecular weight is 390 g/mol. The summed E-state index contributed by atoms with van der Waals surface area (Å²) in [5.41, 5.74) is 0.523. The Hall–Kier alpha value is -1.07. The molecule has 0 spiro atoms. The van der Waals surface area contributed by atoms with Crippen LogP contribution in [0.2, 0.25) is 0 Å². The molecule has 2 aromatic carbocycles. The topological polar surface area (TPSA) is 17.1 Å². The monoisotopic (exact) mass is 388 g/mol. The van der Waals surface area contributed by atoms with Gasteiger partial charge in [0.05, 0.1) is 10.0 Å². The van der Waals surface area contributed by atoms with Gasteiger partial charge in [-0.15, -0.1) is 0 Å². The van der Waals surface area contributed by atoms with E-state index < -0.39 is 23.0 Å². The van der Waals surface area contributed by atoms with Gasteiger partial charge in [-0.1, -0.05) is 15.9 Å². The fourth-order valence-corrected chi connectivity index (χ4v) is 2.24. The average Bonchev–Trinajstić information content (AvgIpc) is 2.37. The molecule has 0 amide bonds. The zero-order valence-corrected chi connectivity index (χ0v) is 13.0. The molecule has 0 heterocycles. The van der Waals surface area contributed by atoms with Crippen LogP contribution in [0.15, 0.2) is 39.3 Å². The molecule has 0 atom stereocenters. The van der Waals surface area contributed by atoms with E-state index >= 15 is 0 Å². The van der Waals surface area contributed by atoms with Crippen molar-refractivity contribution >= 4 is 37.6 Å². The Morgan fingerprint density at radius 2 is 1.68 bits per heavy atom. The van der Waals surface area contributed by atoms with E-state index in [2.05, 4.69) is 31.9 Å². The molecule has 0 N–H and O–H groups in total. The molecule has 0 bridgehead atoms. The van der Waals surface area contributed by atoms with E-state index in [1.807, 2.05) is 0 Å². The lowest BCUT2D eigenvalue weighted by Gasteiger charge is -2.07. The molecular weight excluding hydrogens is 382 g/mol. The smallest absolute Gasteiger partial charge is 0.198 e. The first kappa shape index (κ1) is 14.3. The van der Waals surface area contributed by atoms with Gasteiger partial charge in [0.25, 0.3) is 0 Å². The maximum Gasteiger partial charge on any atom is 0.198 e. The van der Waals surface area contributed by atoms with Crippen LogP contribution in [0.25, 0.3) is 0 Å². The maximum absolute atomic E-state index is 13.9. The van der Waals surface area contributed by atoms with E-state index in [4.69, 9.17) is 0 Å². The molecule has 0 saturated heterocycles. The van der Waals surface area contributed by atoms with Crippen LogP contribution in [-0.2, 0) is 0 Å². The van der Waals surface area contributed by atoms with Gasteiger partial charge in [-0.25, -0.2) is 8.78 Å². The third-order valence-corrected chi connectivity index (χ3v) is 4.19. The van der Waals surface area contributed by atoms with Gasteiger partial charge in [0, 0.05) is 10.0 Å². The minimum atomic E-state index is -0.884.